The summed E-state index contributed by atoms with van der Waals surface area (Å²) in [5.41, 5.74) is -1.58. The fraction of sp³-hybridized carbons (Fsp3) is 0.364. The van der Waals surface area contributed by atoms with Gasteiger partial charge in [-0.3, -0.25) is 20.2 Å². The van der Waals surface area contributed by atoms with Gasteiger partial charge >= 0.3 is 5.97 Å². The molecule has 0 bridgehead atoms. The molecule has 0 spiro atoms. The summed E-state index contributed by atoms with van der Waals surface area (Å²) in [6.07, 6.45) is 0. The van der Waals surface area contributed by atoms with Crippen LogP contribution in [0.1, 0.15) is 24.2 Å². The van der Waals surface area contributed by atoms with E-state index < -0.39 is 27.2 Å². The van der Waals surface area contributed by atoms with Crippen molar-refractivity contribution in [2.24, 2.45) is 0 Å². The van der Waals surface area contributed by atoms with E-state index in [2.05, 4.69) is 10.1 Å². The van der Waals surface area contributed by atoms with Crippen molar-refractivity contribution in [3.8, 4) is 0 Å². The van der Waals surface area contributed by atoms with Gasteiger partial charge in [-0.05, 0) is 13.8 Å². The van der Waals surface area contributed by atoms with Gasteiger partial charge < -0.3 is 10.1 Å². The Labute approximate surface area is 113 Å². The lowest BCUT2D eigenvalue weighted by atomic mass is 10.1. The van der Waals surface area contributed by atoms with E-state index in [1.54, 1.807) is 13.8 Å². The van der Waals surface area contributed by atoms with E-state index in [1.807, 2.05) is 0 Å². The van der Waals surface area contributed by atoms with Gasteiger partial charge in [-0.2, -0.15) is 0 Å². The molecule has 0 unspecified atom stereocenters. The number of nitrogens with zero attached hydrogens (tertiary/aromatic N) is 2. The van der Waals surface area contributed by atoms with Crippen LogP contribution >= 0.6 is 0 Å². The molecule has 0 fully saturated rings. The molecule has 0 heterocycles. The highest BCUT2D eigenvalue weighted by Crippen LogP contribution is 2.36. The lowest BCUT2D eigenvalue weighted by Crippen LogP contribution is -2.14. The number of carbonyl (C=O) groups is 1. The minimum atomic E-state index is -0.882. The predicted molar refractivity (Wildman–Crippen MR) is 69.8 cm³/mol. The molecule has 1 N–H and O–H groups in total. The van der Waals surface area contributed by atoms with Crippen molar-refractivity contribution < 1.29 is 19.4 Å². The quantitative estimate of drug-likeness (QED) is 0.498. The van der Waals surface area contributed by atoms with Gasteiger partial charge in [0.1, 0.15) is 0 Å². The molecule has 1 rings (SSSR count). The van der Waals surface area contributed by atoms with Crippen LogP contribution in [0.25, 0.3) is 0 Å². The number of ether oxygens (including phenoxy) is 1. The van der Waals surface area contributed by atoms with Gasteiger partial charge in [-0.1, -0.05) is 0 Å². The maximum absolute atomic E-state index is 11.4. The molecule has 0 radical (unpaired) electrons. The molecule has 1 aromatic carbocycles. The second-order valence-electron chi connectivity index (χ2n) is 4.19. The summed E-state index contributed by atoms with van der Waals surface area (Å²) in [6.45, 7) is 3.36. The highest BCUT2D eigenvalue weighted by atomic mass is 16.6. The highest BCUT2D eigenvalue weighted by Gasteiger charge is 2.29. The molecule has 108 valence electrons. The second kappa shape index (κ2) is 5.95. The van der Waals surface area contributed by atoms with Gasteiger partial charge in [0.15, 0.2) is 5.69 Å². The molecule has 0 aliphatic heterocycles. The van der Waals surface area contributed by atoms with E-state index in [0.717, 1.165) is 19.2 Å². The number of hydrogen-bond acceptors (Lipinski definition) is 7. The molecule has 0 saturated carbocycles. The van der Waals surface area contributed by atoms with Crippen molar-refractivity contribution in [3.05, 3.63) is 37.9 Å². The molecular weight excluding hydrogens is 270 g/mol. The van der Waals surface area contributed by atoms with Gasteiger partial charge in [0.2, 0.25) is 0 Å². The van der Waals surface area contributed by atoms with E-state index in [4.69, 9.17) is 0 Å². The predicted octanol–water partition coefficient (Wildman–Crippen LogP) is 2.11. The number of methoxy groups -OCH3 is 1. The number of hydrogen-bond donors (Lipinski definition) is 1. The maximum Gasteiger partial charge on any atom is 0.338 e. The molecule has 0 atom stereocenters. The summed E-state index contributed by atoms with van der Waals surface area (Å²) >= 11 is 0. The summed E-state index contributed by atoms with van der Waals surface area (Å²) in [5, 5.41) is 24.7. The van der Waals surface area contributed by atoms with Crippen LogP contribution in [0.3, 0.4) is 0 Å². The largest absolute Gasteiger partial charge is 0.465 e. The third kappa shape index (κ3) is 3.19. The first kappa shape index (κ1) is 15.3. The molecule has 1 aromatic rings. The van der Waals surface area contributed by atoms with Crippen LogP contribution in [0, 0.1) is 20.2 Å². The number of anilines is 1. The number of benzene rings is 1. The van der Waals surface area contributed by atoms with E-state index in [9.17, 15) is 25.0 Å². The Morgan fingerprint density at radius 3 is 1.95 bits per heavy atom. The molecule has 9 nitrogen and oxygen atoms in total. The van der Waals surface area contributed by atoms with E-state index in [0.29, 0.717) is 0 Å². The zero-order valence-electron chi connectivity index (χ0n) is 11.1. The van der Waals surface area contributed by atoms with Crippen molar-refractivity contribution in [3.63, 3.8) is 0 Å². The van der Waals surface area contributed by atoms with E-state index in [-0.39, 0.29) is 17.3 Å². The summed E-state index contributed by atoms with van der Waals surface area (Å²) < 4.78 is 4.42. The first-order valence-corrected chi connectivity index (χ1v) is 5.59. The Morgan fingerprint density at radius 2 is 1.65 bits per heavy atom. The highest BCUT2D eigenvalue weighted by molar-refractivity contribution is 5.93. The fourth-order valence-corrected chi connectivity index (χ4v) is 1.57. The number of nitro groups is 2. The van der Waals surface area contributed by atoms with Crippen LogP contribution in [-0.4, -0.2) is 29.0 Å². The molecule has 20 heavy (non-hydrogen) atoms. The van der Waals surface area contributed by atoms with Crippen LogP contribution in [0.15, 0.2) is 12.1 Å². The summed E-state index contributed by atoms with van der Waals surface area (Å²) in [4.78, 5) is 31.9. The Hall–Kier alpha value is -2.71. The zero-order valence-corrected chi connectivity index (χ0v) is 11.1. The lowest BCUT2D eigenvalue weighted by molar-refractivity contribution is -0.392. The van der Waals surface area contributed by atoms with Gasteiger partial charge in [0.25, 0.3) is 11.4 Å². The number of esters is 1. The van der Waals surface area contributed by atoms with Crippen LogP contribution in [0.4, 0.5) is 17.1 Å². The smallest absolute Gasteiger partial charge is 0.338 e. The third-order valence-corrected chi connectivity index (χ3v) is 2.34. The van der Waals surface area contributed by atoms with Crippen molar-refractivity contribution in [1.82, 2.24) is 0 Å². The average molecular weight is 283 g/mol. The Morgan fingerprint density at radius 1 is 1.20 bits per heavy atom. The van der Waals surface area contributed by atoms with Gasteiger partial charge in [-0.15, -0.1) is 0 Å². The van der Waals surface area contributed by atoms with Crippen LogP contribution in [0.5, 0.6) is 0 Å². The first-order valence-electron chi connectivity index (χ1n) is 5.59. The molecule has 0 aromatic heterocycles. The van der Waals surface area contributed by atoms with Crippen LogP contribution < -0.4 is 5.32 Å². The molecule has 0 aliphatic rings. The van der Waals surface area contributed by atoms with E-state index in [1.165, 1.54) is 0 Å². The van der Waals surface area contributed by atoms with Crippen LogP contribution in [-0.2, 0) is 4.74 Å². The van der Waals surface area contributed by atoms with Crippen molar-refractivity contribution in [2.75, 3.05) is 12.4 Å². The molecule has 9 heteroatoms. The monoisotopic (exact) mass is 283 g/mol. The van der Waals surface area contributed by atoms with Crippen molar-refractivity contribution in [1.29, 1.82) is 0 Å². The second-order valence-corrected chi connectivity index (χ2v) is 4.19. The first-order chi connectivity index (χ1) is 9.27. The SMILES string of the molecule is COC(=O)c1cc([N+](=O)[O-])c(NC(C)C)c([N+](=O)[O-])c1. The average Bonchev–Trinajstić information content (AvgIpc) is 2.36. The Balaban J connectivity index is 3.58. The fourth-order valence-electron chi connectivity index (χ4n) is 1.57. The molecular formula is C11H13N3O6. The van der Waals surface area contributed by atoms with Gasteiger partial charge in [0.05, 0.1) is 22.5 Å². The van der Waals surface area contributed by atoms with Crippen LogP contribution in [0.2, 0.25) is 0 Å². The lowest BCUT2D eigenvalue weighted by Gasteiger charge is -2.11. The number of nitro benzene ring substituents is 2. The molecule has 0 saturated heterocycles. The zero-order chi connectivity index (χ0) is 15.4. The standard InChI is InChI=1S/C11H13N3O6/c1-6(2)12-10-8(13(16)17)4-7(11(15)20-3)5-9(10)14(18)19/h4-6,12H,1-3H3. The topological polar surface area (TPSA) is 125 Å². The number of rotatable bonds is 5. The minimum absolute atomic E-state index is 0.234. The molecule has 0 aliphatic carbocycles. The van der Waals surface area contributed by atoms with Gasteiger partial charge in [-0.25, -0.2) is 4.79 Å². The van der Waals surface area contributed by atoms with Crippen molar-refractivity contribution >= 4 is 23.0 Å². The molecule has 0 amide bonds. The maximum atomic E-state index is 11.4. The van der Waals surface area contributed by atoms with Gasteiger partial charge in [0, 0.05) is 18.2 Å². The van der Waals surface area contributed by atoms with Crippen molar-refractivity contribution in [2.45, 2.75) is 19.9 Å². The third-order valence-electron chi connectivity index (χ3n) is 2.34. The Bertz CT molecular complexity index is 534. The Kier molecular flexibility index (Phi) is 4.57. The normalized spacial score (nSPS) is 10.2. The summed E-state index contributed by atoms with van der Waals surface area (Å²) in [6, 6.07) is 1.64. The minimum Gasteiger partial charge on any atom is -0.465 e. The number of carbonyl (C=O) groups excluding carboxylic acids is 1. The summed E-state index contributed by atoms with van der Waals surface area (Å²) in [7, 11) is 1.08. The summed E-state index contributed by atoms with van der Waals surface area (Å²) in [5.74, 6) is -0.882. The van der Waals surface area contributed by atoms with E-state index >= 15 is 0 Å². The number of nitrogens with one attached hydrogen (secondary N) is 1.